The number of aryl methyl sites for hydroxylation is 1. The van der Waals surface area contributed by atoms with Gasteiger partial charge in [0, 0.05) is 36.6 Å². The van der Waals surface area contributed by atoms with Gasteiger partial charge in [0.2, 0.25) is 10.0 Å². The Kier molecular flexibility index (Phi) is 5.26. The zero-order valence-electron chi connectivity index (χ0n) is 15.9. The number of sulfonamides is 1. The van der Waals surface area contributed by atoms with E-state index in [0.29, 0.717) is 37.3 Å². The van der Waals surface area contributed by atoms with E-state index in [1.54, 1.807) is 35.2 Å². The van der Waals surface area contributed by atoms with E-state index in [1.165, 1.54) is 4.31 Å². The van der Waals surface area contributed by atoms with Gasteiger partial charge in [-0.2, -0.15) is 4.31 Å². The summed E-state index contributed by atoms with van der Waals surface area (Å²) in [6.45, 7) is 6.90. The molecule has 0 bridgehead atoms. The second-order valence-corrected chi connectivity index (χ2v) is 8.60. The highest BCUT2D eigenvalue weighted by Crippen LogP contribution is 2.32. The molecule has 0 saturated carbocycles. The minimum absolute atomic E-state index is 0.113. The third-order valence-corrected chi connectivity index (χ3v) is 7.07. The smallest absolute Gasteiger partial charge is 0.258 e. The van der Waals surface area contributed by atoms with Crippen LogP contribution in [-0.4, -0.2) is 38.3 Å². The summed E-state index contributed by atoms with van der Waals surface area (Å²) < 4.78 is 26.9. The molecule has 144 valence electrons. The van der Waals surface area contributed by atoms with E-state index in [2.05, 4.69) is 0 Å². The van der Waals surface area contributed by atoms with Crippen molar-refractivity contribution in [2.45, 2.75) is 32.1 Å². The maximum absolute atomic E-state index is 13.0. The van der Waals surface area contributed by atoms with Crippen LogP contribution in [0.2, 0.25) is 0 Å². The lowest BCUT2D eigenvalue weighted by Crippen LogP contribution is -2.31. The summed E-state index contributed by atoms with van der Waals surface area (Å²) in [5, 5.41) is 0. The molecule has 0 radical (unpaired) electrons. The number of anilines is 2. The molecule has 0 spiro atoms. The fourth-order valence-electron chi connectivity index (χ4n) is 3.48. The maximum atomic E-state index is 13.0. The normalized spacial score (nSPS) is 13.9. The van der Waals surface area contributed by atoms with Crippen molar-refractivity contribution in [3.05, 3.63) is 53.1 Å². The highest BCUT2D eigenvalue weighted by Gasteiger charge is 2.29. The second-order valence-electron chi connectivity index (χ2n) is 6.66. The predicted molar refractivity (Wildman–Crippen MR) is 108 cm³/mol. The highest BCUT2D eigenvalue weighted by atomic mass is 32.2. The van der Waals surface area contributed by atoms with Crippen molar-refractivity contribution in [2.75, 3.05) is 30.3 Å². The SMILES string of the molecule is CCN(CC)S(=O)(=O)c1ccc2c(c1)CCN2C(=O)c1cc(N)ccc1C. The van der Waals surface area contributed by atoms with Crippen molar-refractivity contribution in [3.63, 3.8) is 0 Å². The molecule has 27 heavy (non-hydrogen) atoms. The van der Waals surface area contributed by atoms with E-state index in [-0.39, 0.29) is 10.8 Å². The molecule has 0 aliphatic carbocycles. The Morgan fingerprint density at radius 1 is 1.15 bits per heavy atom. The minimum Gasteiger partial charge on any atom is -0.399 e. The first-order valence-corrected chi connectivity index (χ1v) is 10.5. The van der Waals surface area contributed by atoms with Crippen molar-refractivity contribution in [3.8, 4) is 0 Å². The van der Waals surface area contributed by atoms with Gasteiger partial charge in [0.15, 0.2) is 0 Å². The quantitative estimate of drug-likeness (QED) is 0.800. The van der Waals surface area contributed by atoms with Gasteiger partial charge in [-0.25, -0.2) is 8.42 Å². The van der Waals surface area contributed by atoms with Crippen LogP contribution in [0.3, 0.4) is 0 Å². The third kappa shape index (κ3) is 3.44. The van der Waals surface area contributed by atoms with Crippen LogP contribution in [0.15, 0.2) is 41.3 Å². The van der Waals surface area contributed by atoms with E-state index in [1.807, 2.05) is 26.8 Å². The van der Waals surface area contributed by atoms with Crippen LogP contribution in [0.1, 0.15) is 35.3 Å². The van der Waals surface area contributed by atoms with Crippen LogP contribution in [0.5, 0.6) is 0 Å². The van der Waals surface area contributed by atoms with Gasteiger partial charge in [-0.15, -0.1) is 0 Å². The number of amides is 1. The Morgan fingerprint density at radius 3 is 2.52 bits per heavy atom. The number of fused-ring (bicyclic) bond motifs is 1. The molecular formula is C20H25N3O3S. The zero-order valence-corrected chi connectivity index (χ0v) is 16.7. The van der Waals surface area contributed by atoms with Gasteiger partial charge < -0.3 is 10.6 Å². The third-order valence-electron chi connectivity index (χ3n) is 5.03. The molecule has 6 nitrogen and oxygen atoms in total. The van der Waals surface area contributed by atoms with Crippen LogP contribution in [0.4, 0.5) is 11.4 Å². The summed E-state index contributed by atoms with van der Waals surface area (Å²) in [7, 11) is -3.51. The van der Waals surface area contributed by atoms with Gasteiger partial charge >= 0.3 is 0 Å². The van der Waals surface area contributed by atoms with E-state index in [0.717, 1.165) is 16.8 Å². The average molecular weight is 388 g/mol. The number of hydrogen-bond donors (Lipinski definition) is 1. The average Bonchev–Trinajstić information content (AvgIpc) is 3.07. The molecule has 3 rings (SSSR count). The molecule has 0 unspecified atom stereocenters. The van der Waals surface area contributed by atoms with Crippen LogP contribution < -0.4 is 10.6 Å². The standard InChI is InChI=1S/C20H25N3O3S/c1-4-22(5-2)27(25,26)17-8-9-19-15(12-17)10-11-23(19)20(24)18-13-16(21)7-6-14(18)3/h6-9,12-13H,4-5,10-11,21H2,1-3H3. The van der Waals surface area contributed by atoms with Gasteiger partial charge in [-0.05, 0) is 54.8 Å². The molecule has 2 aromatic carbocycles. The predicted octanol–water partition coefficient (Wildman–Crippen LogP) is 2.81. The van der Waals surface area contributed by atoms with Gasteiger partial charge in [0.05, 0.1) is 4.90 Å². The Bertz CT molecular complexity index is 982. The Labute approximate surface area is 160 Å². The lowest BCUT2D eigenvalue weighted by atomic mass is 10.1. The number of nitrogen functional groups attached to an aromatic ring is 1. The summed E-state index contributed by atoms with van der Waals surface area (Å²) in [5.41, 5.74) is 9.46. The van der Waals surface area contributed by atoms with Gasteiger partial charge in [0.25, 0.3) is 5.91 Å². The Balaban J connectivity index is 1.95. The van der Waals surface area contributed by atoms with E-state index >= 15 is 0 Å². The molecule has 7 heteroatoms. The molecule has 1 amide bonds. The van der Waals surface area contributed by atoms with E-state index in [9.17, 15) is 13.2 Å². The summed E-state index contributed by atoms with van der Waals surface area (Å²) >= 11 is 0. The lowest BCUT2D eigenvalue weighted by molar-refractivity contribution is 0.0989. The Hall–Kier alpha value is -2.38. The van der Waals surface area contributed by atoms with Crippen molar-refractivity contribution in [1.82, 2.24) is 4.31 Å². The van der Waals surface area contributed by atoms with E-state index < -0.39 is 10.0 Å². The molecule has 0 saturated heterocycles. The number of carbonyl (C=O) groups excluding carboxylic acids is 1. The van der Waals surface area contributed by atoms with Crippen LogP contribution in [0, 0.1) is 6.92 Å². The highest BCUT2D eigenvalue weighted by molar-refractivity contribution is 7.89. The lowest BCUT2D eigenvalue weighted by Gasteiger charge is -2.21. The molecule has 0 aromatic heterocycles. The van der Waals surface area contributed by atoms with Gasteiger partial charge in [-0.1, -0.05) is 19.9 Å². The number of hydrogen-bond acceptors (Lipinski definition) is 4. The summed E-state index contributed by atoms with van der Waals surface area (Å²) in [4.78, 5) is 15.0. The molecule has 2 aromatic rings. The second kappa shape index (κ2) is 7.32. The van der Waals surface area contributed by atoms with Gasteiger partial charge in [0.1, 0.15) is 0 Å². The largest absolute Gasteiger partial charge is 0.399 e. The van der Waals surface area contributed by atoms with Crippen LogP contribution in [-0.2, 0) is 16.4 Å². The topological polar surface area (TPSA) is 83.7 Å². The first-order chi connectivity index (χ1) is 12.8. The monoisotopic (exact) mass is 387 g/mol. The van der Waals surface area contributed by atoms with E-state index in [4.69, 9.17) is 5.73 Å². The summed E-state index contributed by atoms with van der Waals surface area (Å²) in [6.07, 6.45) is 0.629. The zero-order chi connectivity index (χ0) is 19.8. The molecule has 0 fully saturated rings. The molecule has 2 N–H and O–H groups in total. The van der Waals surface area contributed by atoms with Crippen molar-refractivity contribution in [2.24, 2.45) is 0 Å². The number of nitrogens with two attached hydrogens (primary N) is 1. The van der Waals surface area contributed by atoms with Crippen molar-refractivity contribution >= 4 is 27.3 Å². The Morgan fingerprint density at radius 2 is 1.85 bits per heavy atom. The van der Waals surface area contributed by atoms with Crippen LogP contribution in [0.25, 0.3) is 0 Å². The first kappa shape index (κ1) is 19.4. The van der Waals surface area contributed by atoms with Crippen LogP contribution >= 0.6 is 0 Å². The van der Waals surface area contributed by atoms with Gasteiger partial charge in [-0.3, -0.25) is 4.79 Å². The molecule has 0 atom stereocenters. The molecule has 1 heterocycles. The number of nitrogens with zero attached hydrogens (tertiary/aromatic N) is 2. The fraction of sp³-hybridized carbons (Fsp3) is 0.350. The van der Waals surface area contributed by atoms with Crippen molar-refractivity contribution < 1.29 is 13.2 Å². The number of rotatable bonds is 5. The minimum atomic E-state index is -3.51. The first-order valence-electron chi connectivity index (χ1n) is 9.10. The number of carbonyl (C=O) groups is 1. The van der Waals surface area contributed by atoms with Crippen molar-refractivity contribution in [1.29, 1.82) is 0 Å². The molecule has 1 aliphatic heterocycles. The summed E-state index contributed by atoms with van der Waals surface area (Å²) in [6, 6.07) is 10.3. The molecule has 1 aliphatic rings. The summed E-state index contributed by atoms with van der Waals surface area (Å²) in [5.74, 6) is -0.113. The fourth-order valence-corrected chi connectivity index (χ4v) is 4.99. The maximum Gasteiger partial charge on any atom is 0.258 e. The molecular weight excluding hydrogens is 362 g/mol. The number of benzene rings is 2.